The van der Waals surface area contributed by atoms with Gasteiger partial charge in [-0.25, -0.2) is 0 Å². The molecule has 0 aromatic heterocycles. The number of halogens is 1. The van der Waals surface area contributed by atoms with Gasteiger partial charge in [-0.3, -0.25) is 9.69 Å². The number of hydrogen-bond donors (Lipinski definition) is 2. The van der Waals surface area contributed by atoms with Crippen LogP contribution in [-0.2, 0) is 17.9 Å². The number of fused-ring (bicyclic) bond motifs is 1. The molecule has 1 unspecified atom stereocenters. The molecule has 0 aliphatic carbocycles. The maximum Gasteiger partial charge on any atom is 0.234 e. The standard InChI is InChI=1S/C20H23ClN2O4/c1-26-17-7-8-18(27-2)20-15(17)10-23(11-16(20)24)12-19(25)22-9-13-3-5-14(21)6-4-13/h3-8,16,24H,9-12H2,1-2H3,(H,22,25). The number of benzene rings is 2. The molecule has 144 valence electrons. The van der Waals surface area contributed by atoms with Crippen molar-refractivity contribution in [3.05, 3.63) is 58.1 Å². The van der Waals surface area contributed by atoms with Gasteiger partial charge in [0.05, 0.1) is 26.9 Å². The number of rotatable bonds is 6. The van der Waals surface area contributed by atoms with Crippen molar-refractivity contribution >= 4 is 17.5 Å². The molecule has 0 radical (unpaired) electrons. The van der Waals surface area contributed by atoms with Crippen LogP contribution in [0, 0.1) is 0 Å². The first kappa shape index (κ1) is 19.5. The summed E-state index contributed by atoms with van der Waals surface area (Å²) in [6.07, 6.45) is -0.747. The molecule has 0 saturated heterocycles. The third-order valence-electron chi connectivity index (χ3n) is 4.63. The topological polar surface area (TPSA) is 71.0 Å². The summed E-state index contributed by atoms with van der Waals surface area (Å²) in [6, 6.07) is 10.9. The van der Waals surface area contributed by atoms with Gasteiger partial charge in [0.2, 0.25) is 5.91 Å². The van der Waals surface area contributed by atoms with E-state index < -0.39 is 6.10 Å². The van der Waals surface area contributed by atoms with Gasteiger partial charge < -0.3 is 19.9 Å². The monoisotopic (exact) mass is 390 g/mol. The molecule has 0 bridgehead atoms. The van der Waals surface area contributed by atoms with Crippen LogP contribution in [0.4, 0.5) is 0 Å². The highest BCUT2D eigenvalue weighted by Gasteiger charge is 2.30. The summed E-state index contributed by atoms with van der Waals surface area (Å²) in [4.78, 5) is 14.2. The van der Waals surface area contributed by atoms with Crippen LogP contribution in [-0.4, -0.2) is 43.2 Å². The Bertz CT molecular complexity index is 810. The number of nitrogens with one attached hydrogen (secondary N) is 1. The molecular weight excluding hydrogens is 368 g/mol. The Kier molecular flexibility index (Phi) is 6.21. The van der Waals surface area contributed by atoms with Crippen LogP contribution in [0.1, 0.15) is 22.8 Å². The highest BCUT2D eigenvalue weighted by Crippen LogP contribution is 2.39. The van der Waals surface area contributed by atoms with Crippen molar-refractivity contribution in [2.24, 2.45) is 0 Å². The van der Waals surface area contributed by atoms with E-state index in [4.69, 9.17) is 21.1 Å². The lowest BCUT2D eigenvalue weighted by Crippen LogP contribution is -2.41. The van der Waals surface area contributed by atoms with Gasteiger partial charge in [-0.1, -0.05) is 23.7 Å². The second kappa shape index (κ2) is 8.61. The lowest BCUT2D eigenvalue weighted by Gasteiger charge is -2.33. The van der Waals surface area contributed by atoms with Crippen molar-refractivity contribution in [3.63, 3.8) is 0 Å². The van der Waals surface area contributed by atoms with E-state index >= 15 is 0 Å². The lowest BCUT2D eigenvalue weighted by atomic mass is 9.95. The van der Waals surface area contributed by atoms with Gasteiger partial charge in [0.25, 0.3) is 0 Å². The molecule has 3 rings (SSSR count). The van der Waals surface area contributed by atoms with E-state index in [2.05, 4.69) is 5.32 Å². The molecule has 1 atom stereocenters. The SMILES string of the molecule is COc1ccc(OC)c2c1CN(CC(=O)NCc1ccc(Cl)cc1)CC2O. The first-order valence-electron chi connectivity index (χ1n) is 8.67. The zero-order valence-electron chi connectivity index (χ0n) is 15.4. The summed E-state index contributed by atoms with van der Waals surface area (Å²) in [5.41, 5.74) is 2.55. The molecule has 1 heterocycles. The largest absolute Gasteiger partial charge is 0.496 e. The Balaban J connectivity index is 1.65. The van der Waals surface area contributed by atoms with Gasteiger partial charge in [-0.05, 0) is 29.8 Å². The molecule has 2 aromatic rings. The zero-order chi connectivity index (χ0) is 19.4. The van der Waals surface area contributed by atoms with Crippen molar-refractivity contribution < 1.29 is 19.4 Å². The molecule has 2 aromatic carbocycles. The Morgan fingerprint density at radius 3 is 2.52 bits per heavy atom. The van der Waals surface area contributed by atoms with Crippen molar-refractivity contribution in [1.82, 2.24) is 10.2 Å². The van der Waals surface area contributed by atoms with Crippen LogP contribution < -0.4 is 14.8 Å². The molecule has 1 aliphatic heterocycles. The number of methoxy groups -OCH3 is 2. The summed E-state index contributed by atoms with van der Waals surface area (Å²) in [7, 11) is 3.16. The summed E-state index contributed by atoms with van der Waals surface area (Å²) in [5.74, 6) is 1.20. The number of aliphatic hydroxyl groups excluding tert-OH is 1. The van der Waals surface area contributed by atoms with E-state index in [0.29, 0.717) is 36.2 Å². The zero-order valence-corrected chi connectivity index (χ0v) is 16.1. The number of β-amino-alcohol motifs (C(OH)–C–C–N with tert-alkyl or cyclic N) is 1. The average Bonchev–Trinajstić information content (AvgIpc) is 2.66. The predicted octanol–water partition coefficient (Wildman–Crippen LogP) is 2.52. The van der Waals surface area contributed by atoms with Gasteiger partial charge in [0.1, 0.15) is 11.5 Å². The highest BCUT2D eigenvalue weighted by molar-refractivity contribution is 6.30. The fourth-order valence-corrected chi connectivity index (χ4v) is 3.45. The third kappa shape index (κ3) is 4.53. The highest BCUT2D eigenvalue weighted by atomic mass is 35.5. The number of nitrogens with zero attached hydrogens (tertiary/aromatic N) is 1. The van der Waals surface area contributed by atoms with Crippen LogP contribution in [0.2, 0.25) is 5.02 Å². The smallest absolute Gasteiger partial charge is 0.234 e. The summed E-state index contributed by atoms with van der Waals surface area (Å²) >= 11 is 5.87. The molecule has 0 fully saturated rings. The number of ether oxygens (including phenoxy) is 2. The van der Waals surface area contributed by atoms with Crippen molar-refractivity contribution in [3.8, 4) is 11.5 Å². The van der Waals surface area contributed by atoms with Crippen molar-refractivity contribution in [2.75, 3.05) is 27.3 Å². The first-order chi connectivity index (χ1) is 13.0. The number of hydrogen-bond acceptors (Lipinski definition) is 5. The van der Waals surface area contributed by atoms with E-state index in [1.807, 2.05) is 23.1 Å². The minimum absolute atomic E-state index is 0.109. The first-order valence-corrected chi connectivity index (χ1v) is 9.05. The summed E-state index contributed by atoms with van der Waals surface area (Å²) < 4.78 is 10.8. The van der Waals surface area contributed by atoms with Crippen molar-refractivity contribution in [2.45, 2.75) is 19.2 Å². The lowest BCUT2D eigenvalue weighted by molar-refractivity contribution is -0.123. The fraction of sp³-hybridized carbons (Fsp3) is 0.350. The molecule has 6 nitrogen and oxygen atoms in total. The number of amides is 1. The molecule has 0 spiro atoms. The molecule has 7 heteroatoms. The predicted molar refractivity (Wildman–Crippen MR) is 103 cm³/mol. The number of aliphatic hydroxyl groups is 1. The van der Waals surface area contributed by atoms with E-state index in [1.165, 1.54) is 0 Å². The molecule has 2 N–H and O–H groups in total. The molecule has 1 aliphatic rings. The minimum Gasteiger partial charge on any atom is -0.496 e. The minimum atomic E-state index is -0.747. The maximum atomic E-state index is 12.3. The number of carbonyl (C=O) groups is 1. The van der Waals surface area contributed by atoms with Crippen LogP contribution in [0.5, 0.6) is 11.5 Å². The summed E-state index contributed by atoms with van der Waals surface area (Å²) in [6.45, 7) is 1.47. The van der Waals surface area contributed by atoms with E-state index in [-0.39, 0.29) is 12.5 Å². The van der Waals surface area contributed by atoms with Gasteiger partial charge in [-0.15, -0.1) is 0 Å². The van der Waals surface area contributed by atoms with Gasteiger partial charge in [0, 0.05) is 35.8 Å². The van der Waals surface area contributed by atoms with Crippen LogP contribution in [0.3, 0.4) is 0 Å². The molecular formula is C20H23ClN2O4. The number of carbonyl (C=O) groups excluding carboxylic acids is 1. The molecule has 0 saturated carbocycles. The fourth-order valence-electron chi connectivity index (χ4n) is 3.33. The average molecular weight is 391 g/mol. The Morgan fingerprint density at radius 1 is 1.19 bits per heavy atom. The quantitative estimate of drug-likeness (QED) is 0.793. The van der Waals surface area contributed by atoms with Gasteiger partial charge in [-0.2, -0.15) is 0 Å². The normalized spacial score (nSPS) is 16.5. The second-order valence-corrected chi connectivity index (χ2v) is 6.89. The van der Waals surface area contributed by atoms with Crippen molar-refractivity contribution in [1.29, 1.82) is 0 Å². The second-order valence-electron chi connectivity index (χ2n) is 6.45. The molecule has 1 amide bonds. The van der Waals surface area contributed by atoms with E-state index in [9.17, 15) is 9.90 Å². The van der Waals surface area contributed by atoms with Crippen LogP contribution >= 0.6 is 11.6 Å². The van der Waals surface area contributed by atoms with Crippen LogP contribution in [0.15, 0.2) is 36.4 Å². The van der Waals surface area contributed by atoms with Crippen LogP contribution in [0.25, 0.3) is 0 Å². The maximum absolute atomic E-state index is 12.3. The molecule has 27 heavy (non-hydrogen) atoms. The van der Waals surface area contributed by atoms with E-state index in [1.54, 1.807) is 32.4 Å². The third-order valence-corrected chi connectivity index (χ3v) is 4.88. The Hall–Kier alpha value is -2.28. The van der Waals surface area contributed by atoms with E-state index in [0.717, 1.165) is 16.7 Å². The Labute approximate surface area is 163 Å². The summed E-state index contributed by atoms with van der Waals surface area (Å²) in [5, 5.41) is 14.1. The van der Waals surface area contributed by atoms with Gasteiger partial charge in [0.15, 0.2) is 0 Å². The Morgan fingerprint density at radius 2 is 1.85 bits per heavy atom. The van der Waals surface area contributed by atoms with Gasteiger partial charge >= 0.3 is 0 Å².